The maximum absolute atomic E-state index is 13.3. The molecule has 4 rings (SSSR count). The Morgan fingerprint density at radius 1 is 1.03 bits per heavy atom. The van der Waals surface area contributed by atoms with Gasteiger partial charge < -0.3 is 9.64 Å². The van der Waals surface area contributed by atoms with Crippen LogP contribution in [0.15, 0.2) is 42.0 Å². The molecular weight excluding hydrogens is 410 g/mol. The van der Waals surface area contributed by atoms with Crippen LogP contribution in [-0.4, -0.2) is 43.2 Å². The lowest BCUT2D eigenvalue weighted by Crippen LogP contribution is -2.54. The second-order valence-corrected chi connectivity index (χ2v) is 8.20. The minimum Gasteiger partial charge on any atom is -0.378 e. The van der Waals surface area contributed by atoms with Gasteiger partial charge in [-0.1, -0.05) is 18.2 Å². The van der Waals surface area contributed by atoms with E-state index in [9.17, 15) is 9.59 Å². The number of nitrogens with one attached hydrogen (secondary N) is 1. The van der Waals surface area contributed by atoms with E-state index >= 15 is 0 Å². The van der Waals surface area contributed by atoms with E-state index in [0.717, 1.165) is 41.0 Å². The Hall–Kier alpha value is -3.03. The van der Waals surface area contributed by atoms with Gasteiger partial charge in [-0.15, -0.1) is 0 Å². The third kappa shape index (κ3) is 4.11. The molecule has 2 aromatic rings. The zero-order chi connectivity index (χ0) is 22.1. The summed E-state index contributed by atoms with van der Waals surface area (Å²) in [7, 11) is 0. The van der Waals surface area contributed by atoms with Crippen molar-refractivity contribution < 1.29 is 14.3 Å². The van der Waals surface area contributed by atoms with Gasteiger partial charge in [-0.3, -0.25) is 19.8 Å². The standard InChI is InChI=1S/C24H25N3O3S/c1-15-5-4-6-21(17(15)3)27-23(29)20(22(28)25-24(27)31)14-18-7-8-19(13-16(18)2)26-9-11-30-12-10-26/h4-8,13-14H,9-12H2,1-3H3,(H,25,28,31)/b20-14+. The van der Waals surface area contributed by atoms with Crippen molar-refractivity contribution in [1.82, 2.24) is 5.32 Å². The van der Waals surface area contributed by atoms with Crippen molar-refractivity contribution in [3.05, 3.63) is 64.2 Å². The fourth-order valence-electron chi connectivity index (χ4n) is 3.85. The second kappa shape index (κ2) is 8.61. The first-order valence-corrected chi connectivity index (χ1v) is 10.7. The van der Waals surface area contributed by atoms with Crippen molar-refractivity contribution >= 4 is 46.6 Å². The summed E-state index contributed by atoms with van der Waals surface area (Å²) in [5, 5.41) is 2.76. The van der Waals surface area contributed by atoms with Crippen LogP contribution in [0.1, 0.15) is 22.3 Å². The molecule has 2 saturated heterocycles. The van der Waals surface area contributed by atoms with Crippen LogP contribution >= 0.6 is 12.2 Å². The topological polar surface area (TPSA) is 61.9 Å². The predicted octanol–water partition coefficient (Wildman–Crippen LogP) is 3.28. The number of anilines is 2. The highest BCUT2D eigenvalue weighted by Crippen LogP contribution is 2.28. The maximum Gasteiger partial charge on any atom is 0.270 e. The second-order valence-electron chi connectivity index (χ2n) is 7.82. The van der Waals surface area contributed by atoms with Crippen molar-refractivity contribution in [2.24, 2.45) is 0 Å². The smallest absolute Gasteiger partial charge is 0.270 e. The molecule has 2 aliphatic heterocycles. The van der Waals surface area contributed by atoms with Crippen LogP contribution in [0, 0.1) is 20.8 Å². The Balaban J connectivity index is 1.68. The number of amides is 2. The van der Waals surface area contributed by atoms with Crippen LogP contribution in [0.4, 0.5) is 11.4 Å². The summed E-state index contributed by atoms with van der Waals surface area (Å²) in [6.07, 6.45) is 1.65. The lowest BCUT2D eigenvalue weighted by atomic mass is 10.0. The largest absolute Gasteiger partial charge is 0.378 e. The molecule has 31 heavy (non-hydrogen) atoms. The molecule has 0 bridgehead atoms. The Kier molecular flexibility index (Phi) is 5.89. The lowest BCUT2D eigenvalue weighted by molar-refractivity contribution is -0.122. The Labute approximate surface area is 187 Å². The molecule has 0 aliphatic carbocycles. The summed E-state index contributed by atoms with van der Waals surface area (Å²) in [6.45, 7) is 9.03. The zero-order valence-electron chi connectivity index (χ0n) is 17.9. The lowest BCUT2D eigenvalue weighted by Gasteiger charge is -2.30. The number of morpholine rings is 1. The van der Waals surface area contributed by atoms with Gasteiger partial charge in [0.2, 0.25) is 0 Å². The van der Waals surface area contributed by atoms with Gasteiger partial charge in [0.15, 0.2) is 5.11 Å². The Morgan fingerprint density at radius 3 is 2.48 bits per heavy atom. The highest BCUT2D eigenvalue weighted by Gasteiger charge is 2.35. The Morgan fingerprint density at radius 2 is 1.77 bits per heavy atom. The fourth-order valence-corrected chi connectivity index (χ4v) is 4.12. The van der Waals surface area contributed by atoms with E-state index in [4.69, 9.17) is 17.0 Å². The number of ether oxygens (including phenoxy) is 1. The molecule has 0 atom stereocenters. The van der Waals surface area contributed by atoms with Crippen molar-refractivity contribution in [2.75, 3.05) is 36.1 Å². The Bertz CT molecular complexity index is 1100. The highest BCUT2D eigenvalue weighted by atomic mass is 32.1. The first-order chi connectivity index (χ1) is 14.9. The fraction of sp³-hybridized carbons (Fsp3) is 0.292. The molecule has 0 spiro atoms. The van der Waals surface area contributed by atoms with Gasteiger partial charge in [-0.2, -0.15) is 0 Å². The number of hydrogen-bond donors (Lipinski definition) is 1. The van der Waals surface area contributed by atoms with E-state index in [1.165, 1.54) is 4.90 Å². The molecule has 2 fully saturated rings. The number of nitrogens with zero attached hydrogens (tertiary/aromatic N) is 2. The average molecular weight is 436 g/mol. The number of carbonyl (C=O) groups is 2. The molecular formula is C24H25N3O3S. The molecule has 0 aromatic heterocycles. The summed E-state index contributed by atoms with van der Waals surface area (Å²) in [5.41, 5.74) is 5.66. The number of carbonyl (C=O) groups excluding carboxylic acids is 2. The summed E-state index contributed by atoms with van der Waals surface area (Å²) >= 11 is 5.33. The van der Waals surface area contributed by atoms with Gasteiger partial charge in [-0.25, -0.2) is 0 Å². The monoisotopic (exact) mass is 435 g/mol. The number of aryl methyl sites for hydroxylation is 2. The highest BCUT2D eigenvalue weighted by molar-refractivity contribution is 7.80. The van der Waals surface area contributed by atoms with Crippen LogP contribution in [0.3, 0.4) is 0 Å². The van der Waals surface area contributed by atoms with Crippen molar-refractivity contribution in [3.63, 3.8) is 0 Å². The molecule has 0 radical (unpaired) electrons. The van der Waals surface area contributed by atoms with Gasteiger partial charge in [0, 0.05) is 18.8 Å². The summed E-state index contributed by atoms with van der Waals surface area (Å²) in [6, 6.07) is 11.7. The summed E-state index contributed by atoms with van der Waals surface area (Å²) in [4.78, 5) is 29.6. The van der Waals surface area contributed by atoms with Crippen molar-refractivity contribution in [2.45, 2.75) is 20.8 Å². The molecule has 0 saturated carbocycles. The normalized spacial score (nSPS) is 18.5. The third-order valence-corrected chi connectivity index (χ3v) is 6.13. The summed E-state index contributed by atoms with van der Waals surface area (Å²) < 4.78 is 5.42. The number of rotatable bonds is 3. The molecule has 0 unspecified atom stereocenters. The SMILES string of the molecule is Cc1cc(N2CCOCC2)ccc1/C=C1\C(=O)NC(=S)N(c2cccc(C)c2C)C1=O. The van der Waals surface area contributed by atoms with Crippen molar-refractivity contribution in [3.8, 4) is 0 Å². The molecule has 160 valence electrons. The molecule has 2 amide bonds. The van der Waals surface area contributed by atoms with Crippen molar-refractivity contribution in [1.29, 1.82) is 0 Å². The summed E-state index contributed by atoms with van der Waals surface area (Å²) in [5.74, 6) is -0.896. The first kappa shape index (κ1) is 21.2. The van der Waals surface area contributed by atoms with E-state index in [2.05, 4.69) is 16.3 Å². The van der Waals surface area contributed by atoms with Gasteiger partial charge in [0.05, 0.1) is 18.9 Å². The van der Waals surface area contributed by atoms with Crippen LogP contribution in [-0.2, 0) is 14.3 Å². The molecule has 2 aliphatic rings. The van der Waals surface area contributed by atoms with Crippen LogP contribution in [0.5, 0.6) is 0 Å². The van der Waals surface area contributed by atoms with E-state index in [1.54, 1.807) is 6.08 Å². The average Bonchev–Trinajstić information content (AvgIpc) is 2.75. The van der Waals surface area contributed by atoms with Gasteiger partial charge >= 0.3 is 0 Å². The molecule has 2 heterocycles. The minimum absolute atomic E-state index is 0.0664. The quantitative estimate of drug-likeness (QED) is 0.456. The number of hydrogen-bond acceptors (Lipinski definition) is 5. The maximum atomic E-state index is 13.3. The van der Waals surface area contributed by atoms with Crippen LogP contribution < -0.4 is 15.1 Å². The molecule has 2 aromatic carbocycles. The molecule has 7 heteroatoms. The zero-order valence-corrected chi connectivity index (χ0v) is 18.7. The third-order valence-electron chi connectivity index (χ3n) is 5.85. The number of benzene rings is 2. The van der Waals surface area contributed by atoms with E-state index in [0.29, 0.717) is 18.9 Å². The van der Waals surface area contributed by atoms with Gasteiger partial charge in [-0.05, 0) is 79.5 Å². The predicted molar refractivity (Wildman–Crippen MR) is 126 cm³/mol. The van der Waals surface area contributed by atoms with E-state index < -0.39 is 11.8 Å². The first-order valence-electron chi connectivity index (χ1n) is 10.3. The number of thiocarbonyl (C=S) groups is 1. The molecule has 1 N–H and O–H groups in total. The van der Waals surface area contributed by atoms with Gasteiger partial charge in [0.25, 0.3) is 11.8 Å². The van der Waals surface area contributed by atoms with Crippen LogP contribution in [0.25, 0.3) is 6.08 Å². The van der Waals surface area contributed by atoms with E-state index in [-0.39, 0.29) is 10.7 Å². The van der Waals surface area contributed by atoms with Crippen LogP contribution in [0.2, 0.25) is 0 Å². The van der Waals surface area contributed by atoms with Gasteiger partial charge in [0.1, 0.15) is 5.57 Å². The van der Waals surface area contributed by atoms with E-state index in [1.807, 2.05) is 51.1 Å². The minimum atomic E-state index is -0.479. The molecule has 6 nitrogen and oxygen atoms in total.